The van der Waals surface area contributed by atoms with Crippen molar-refractivity contribution in [2.45, 2.75) is 283 Å². The van der Waals surface area contributed by atoms with Crippen molar-refractivity contribution in [1.82, 2.24) is 16.0 Å². The fraction of sp³-hybridized carbons (Fsp3) is 0.959. The number of aliphatic hydroxyl groups excluding tert-OH is 9. The normalized spacial score (nSPS) is 28.8. The molecule has 3 aliphatic heterocycles. The molecule has 3 fully saturated rings. The monoisotopic (exact) mass is 1790 g/mol. The summed E-state index contributed by atoms with van der Waals surface area (Å²) in [6.07, 6.45) is -12.8. The van der Waals surface area contributed by atoms with Crippen LogP contribution in [-0.4, -0.2) is 337 Å². The Labute approximate surface area is 694 Å². The van der Waals surface area contributed by atoms with Crippen molar-refractivity contribution in [3.05, 3.63) is 0 Å². The molecule has 23 unspecified atom stereocenters. The van der Waals surface area contributed by atoms with Crippen LogP contribution in [0.1, 0.15) is 174 Å². The first kappa shape index (κ1) is 110. The van der Waals surface area contributed by atoms with Gasteiger partial charge in [-0.25, -0.2) is 18.3 Å². The molecule has 0 aromatic heterocycles. The zero-order chi connectivity index (χ0) is 89.4. The summed E-state index contributed by atoms with van der Waals surface area (Å²) in [7, 11) is -17.5. The first-order chi connectivity index (χ1) is 54.8. The highest BCUT2D eigenvalue weighted by atomic mass is 31.2. The number of phosphoric ester groups is 4. The highest BCUT2D eigenvalue weighted by molar-refractivity contribution is 7.48. The van der Waals surface area contributed by atoms with Gasteiger partial charge in [-0.2, -0.15) is 0 Å². The molecule has 3 saturated heterocycles. The van der Waals surface area contributed by atoms with Crippen LogP contribution >= 0.6 is 31.3 Å². The number of amides is 3. The van der Waals surface area contributed by atoms with Gasteiger partial charge in [0.05, 0.1) is 153 Å². The number of carbonyl (C=O) groups is 3. The fourth-order valence-corrected chi connectivity index (χ4v) is 15.6. The van der Waals surface area contributed by atoms with Gasteiger partial charge in [-0.3, -0.25) is 50.6 Å². The predicted molar refractivity (Wildman–Crippen MR) is 422 cm³/mol. The molecule has 0 radical (unpaired) electrons. The maximum atomic E-state index is 13.5. The van der Waals surface area contributed by atoms with Crippen LogP contribution in [0.25, 0.3) is 0 Å². The number of rotatable bonds is 63. The van der Waals surface area contributed by atoms with Crippen LogP contribution < -0.4 is 16.0 Å². The third kappa shape index (κ3) is 39.5. The van der Waals surface area contributed by atoms with E-state index in [-0.39, 0.29) is 164 Å². The van der Waals surface area contributed by atoms with Gasteiger partial charge in [0.2, 0.25) is 17.7 Å². The van der Waals surface area contributed by atoms with Crippen LogP contribution in [0, 0.1) is 21.7 Å². The first-order valence-electron chi connectivity index (χ1n) is 40.1. The maximum absolute atomic E-state index is 13.5. The van der Waals surface area contributed by atoms with Gasteiger partial charge < -0.3 is 129 Å². The van der Waals surface area contributed by atoms with Crippen molar-refractivity contribution in [3.8, 4) is 0 Å². The minimum atomic E-state index is -4.73. The summed E-state index contributed by atoms with van der Waals surface area (Å²) in [4.78, 5) is 78.8. The Bertz CT molecular complexity index is 3000. The number of aliphatic hydroxyl groups is 9. The number of hydrogen-bond acceptors (Lipinski definition) is 34. The second-order valence-corrected chi connectivity index (χ2v) is 39.3. The number of phosphoric acid groups is 4. The topological polar surface area (TPSA) is 585 Å². The summed E-state index contributed by atoms with van der Waals surface area (Å²) in [6, 6.07) is -3.27. The standard InChI is InChI=1S/C73H143N3O38P4/c1-17-69(12,43-110-117(93,94)107-34-26-71(14,19-3)103-40-56-59(75-50(6)81)65(87)62(84)53(37-78)113-56)24-31-100-47-73(45-98-28-21-29-105-115(89,90)97-16,46-99-30-22-67(8,9)42-109-116(91,92)106-33-23-68(10,11)102-39-55-58(74-49(5)80)64(86)61(83)52(36-77)112-55)48-101-32-25-70(13,18-2)44-111-118(95,96)108-35-27-72(15,20-4)104-41-57-60(76-51(7)82)66(88)63(85)54(38-79)114-57/h52-66,77-79,83-88H,17-48H2,1-16H3,(H,74,80)(H,75,81)(H,76,82)(H,89,90)(H,91,92)(H,93,94)(H,95,96). The Kier molecular flexibility index (Phi) is 47.8. The Hall–Kier alpha value is -1.91. The predicted octanol–water partition coefficient (Wildman–Crippen LogP) is 2.92. The summed E-state index contributed by atoms with van der Waals surface area (Å²) < 4.78 is 157. The summed E-state index contributed by atoms with van der Waals surface area (Å²) in [5, 5.41) is 101. The Morgan fingerprint density at radius 1 is 0.364 bits per heavy atom. The molecule has 698 valence electrons. The van der Waals surface area contributed by atoms with Crippen molar-refractivity contribution in [2.75, 3.05) is 146 Å². The van der Waals surface area contributed by atoms with E-state index < -0.39 is 199 Å². The smallest absolute Gasteiger partial charge is 0.394 e. The molecular formula is C73H143N3O38P4. The average Bonchev–Trinajstić information content (AvgIpc) is 0.810. The van der Waals surface area contributed by atoms with E-state index in [0.717, 1.165) is 7.11 Å². The quantitative estimate of drug-likeness (QED) is 0.0307. The molecule has 3 heterocycles. The van der Waals surface area contributed by atoms with Gasteiger partial charge in [0.15, 0.2) is 0 Å². The molecule has 0 aromatic rings. The highest BCUT2D eigenvalue weighted by Crippen LogP contribution is 2.49. The van der Waals surface area contributed by atoms with Crippen molar-refractivity contribution < 1.29 is 182 Å². The zero-order valence-electron chi connectivity index (χ0n) is 71.6. The average molecular weight is 1790 g/mol. The largest absolute Gasteiger partial charge is 0.472 e. The summed E-state index contributed by atoms with van der Waals surface area (Å²) in [5.41, 5.74) is -6.67. The van der Waals surface area contributed by atoms with Crippen molar-refractivity contribution in [2.24, 2.45) is 21.7 Å². The molecule has 41 nitrogen and oxygen atoms in total. The van der Waals surface area contributed by atoms with E-state index in [1.54, 1.807) is 55.4 Å². The summed E-state index contributed by atoms with van der Waals surface area (Å²) in [6.45, 7) is 20.0. The summed E-state index contributed by atoms with van der Waals surface area (Å²) in [5.74, 6) is -1.53. The molecule has 3 aliphatic rings. The van der Waals surface area contributed by atoms with Gasteiger partial charge in [0, 0.05) is 67.2 Å². The molecular weight excluding hydrogens is 1650 g/mol. The van der Waals surface area contributed by atoms with Crippen LogP contribution in [0.3, 0.4) is 0 Å². The van der Waals surface area contributed by atoms with Crippen LogP contribution in [0.4, 0.5) is 0 Å². The SMILES string of the molecule is CCC(C)(CCOCC(COCCCOP(=O)(O)OC)(COCCC(C)(C)COP(=O)(O)OCCC(C)(C)OCC1OC(CO)C(O)C(O)C1NC(C)=O)COCCC(C)(CC)COP(=O)(O)OCCC(C)(CC)OCC1OC(CO)C(O)C(O)C1NC(C)=O)COP(=O)(O)OCCC(C)(CC)OCC1OC(CO)C(O)C(O)C1NC(C)=O. The molecule has 0 bridgehead atoms. The lowest BCUT2D eigenvalue weighted by Gasteiger charge is -2.43. The van der Waals surface area contributed by atoms with Crippen LogP contribution in [0.2, 0.25) is 0 Å². The number of hydrogen-bond donors (Lipinski definition) is 16. The molecule has 0 saturated carbocycles. The number of nitrogens with one attached hydrogen (secondary N) is 3. The van der Waals surface area contributed by atoms with Gasteiger partial charge in [-0.05, 0) is 102 Å². The lowest BCUT2D eigenvalue weighted by molar-refractivity contribution is -0.215. The Morgan fingerprint density at radius 3 is 1.00 bits per heavy atom. The second-order valence-electron chi connectivity index (χ2n) is 33.4. The lowest BCUT2D eigenvalue weighted by Crippen LogP contribution is -2.65. The molecule has 45 heteroatoms. The lowest BCUT2D eigenvalue weighted by atomic mass is 9.85. The van der Waals surface area contributed by atoms with Crippen molar-refractivity contribution in [3.63, 3.8) is 0 Å². The highest BCUT2D eigenvalue weighted by Gasteiger charge is 2.49. The molecule has 16 N–H and O–H groups in total. The van der Waals surface area contributed by atoms with E-state index in [1.165, 1.54) is 20.8 Å². The number of carbonyl (C=O) groups excluding carboxylic acids is 3. The Morgan fingerprint density at radius 2 is 0.678 bits per heavy atom. The van der Waals surface area contributed by atoms with Gasteiger partial charge in [-0.15, -0.1) is 0 Å². The van der Waals surface area contributed by atoms with Gasteiger partial charge >= 0.3 is 31.3 Å². The van der Waals surface area contributed by atoms with Crippen LogP contribution in [0.5, 0.6) is 0 Å². The third-order valence-corrected chi connectivity index (χ3v) is 25.8. The Balaban J connectivity index is 1.81. The first-order valence-corrected chi connectivity index (χ1v) is 46.1. The van der Waals surface area contributed by atoms with Gasteiger partial charge in [-0.1, -0.05) is 55.4 Å². The van der Waals surface area contributed by atoms with Crippen LogP contribution in [-0.2, 0) is 116 Å². The van der Waals surface area contributed by atoms with E-state index in [9.17, 15) is 98.2 Å². The fourth-order valence-electron chi connectivity index (χ4n) is 12.5. The second kappa shape index (κ2) is 51.2. The minimum Gasteiger partial charge on any atom is -0.394 e. The van der Waals surface area contributed by atoms with Crippen molar-refractivity contribution >= 4 is 49.0 Å². The molecule has 0 aliphatic carbocycles. The van der Waals surface area contributed by atoms with Crippen molar-refractivity contribution in [1.29, 1.82) is 0 Å². The summed E-state index contributed by atoms with van der Waals surface area (Å²) >= 11 is 0. The van der Waals surface area contributed by atoms with E-state index >= 15 is 0 Å². The minimum absolute atomic E-state index is 0.0166. The van der Waals surface area contributed by atoms with E-state index in [0.29, 0.717) is 25.7 Å². The molecule has 118 heavy (non-hydrogen) atoms. The van der Waals surface area contributed by atoms with Gasteiger partial charge in [0.25, 0.3) is 0 Å². The maximum Gasteiger partial charge on any atom is 0.472 e. The van der Waals surface area contributed by atoms with Crippen LogP contribution in [0.15, 0.2) is 0 Å². The van der Waals surface area contributed by atoms with E-state index in [2.05, 4.69) is 20.5 Å². The number of ether oxygens (including phenoxy) is 10. The van der Waals surface area contributed by atoms with Gasteiger partial charge in [0.1, 0.15) is 73.2 Å². The molecule has 3 amide bonds. The van der Waals surface area contributed by atoms with E-state index in [4.69, 9.17) is 79.0 Å². The molecule has 0 spiro atoms. The van der Waals surface area contributed by atoms with E-state index in [1.807, 2.05) is 27.7 Å². The zero-order valence-corrected chi connectivity index (χ0v) is 75.2. The molecule has 23 atom stereocenters. The molecule has 3 rings (SSSR count). The third-order valence-electron chi connectivity index (χ3n) is 21.9. The molecule has 0 aromatic carbocycles.